The van der Waals surface area contributed by atoms with Crippen molar-refractivity contribution in [3.63, 3.8) is 0 Å². The Balaban J connectivity index is 1.89. The Kier molecular flexibility index (Phi) is 9.32. The predicted octanol–water partition coefficient (Wildman–Crippen LogP) is 2.94. The first kappa shape index (κ1) is 24.6. The number of hydrogen-bond acceptors (Lipinski definition) is 12. The fourth-order valence-electron chi connectivity index (χ4n) is 2.95. The van der Waals surface area contributed by atoms with Gasteiger partial charge in [0.05, 0.1) is 5.56 Å². The number of aromatic nitrogens is 6. The standard InChI is InChI=1S/C21H27N11O2/c1-15-16(13-22)18(23-9-5-11-33-2)28-19(24-10-6-12-34-3)17(15)29-30-20-27-14-32(31-20)21-25-7-4-8-26-21/h4,7-8,14H,5-6,9-12H2,1-3H3,(H2,23,24,28). The van der Waals surface area contributed by atoms with Crippen molar-refractivity contribution in [1.82, 2.24) is 29.7 Å². The van der Waals surface area contributed by atoms with Crippen LogP contribution in [0.2, 0.25) is 0 Å². The van der Waals surface area contributed by atoms with Crippen LogP contribution in [0.1, 0.15) is 24.0 Å². The molecule has 0 aromatic carbocycles. The number of nitriles is 1. The molecular formula is C21H27N11O2. The van der Waals surface area contributed by atoms with Gasteiger partial charge in [-0.2, -0.15) is 14.9 Å². The Labute approximate surface area is 197 Å². The maximum Gasteiger partial charge on any atom is 0.287 e. The van der Waals surface area contributed by atoms with Crippen molar-refractivity contribution in [2.75, 3.05) is 51.2 Å². The summed E-state index contributed by atoms with van der Waals surface area (Å²) in [6.45, 7) is 4.23. The number of nitrogens with one attached hydrogen (secondary N) is 2. The second-order valence-corrected chi connectivity index (χ2v) is 7.05. The molecule has 0 aliphatic heterocycles. The summed E-state index contributed by atoms with van der Waals surface area (Å²) in [5.41, 5.74) is 1.46. The van der Waals surface area contributed by atoms with Crippen LogP contribution in [0.4, 0.5) is 23.3 Å². The van der Waals surface area contributed by atoms with Gasteiger partial charge < -0.3 is 20.1 Å². The molecule has 0 bridgehead atoms. The van der Waals surface area contributed by atoms with Crippen LogP contribution in [0.3, 0.4) is 0 Å². The van der Waals surface area contributed by atoms with Crippen molar-refractivity contribution in [1.29, 1.82) is 5.26 Å². The molecule has 3 aromatic rings. The Morgan fingerprint density at radius 1 is 1.00 bits per heavy atom. The lowest BCUT2D eigenvalue weighted by atomic mass is 10.1. The van der Waals surface area contributed by atoms with E-state index >= 15 is 0 Å². The highest BCUT2D eigenvalue weighted by molar-refractivity contribution is 5.74. The Morgan fingerprint density at radius 3 is 2.32 bits per heavy atom. The van der Waals surface area contributed by atoms with Gasteiger partial charge in [0, 0.05) is 58.5 Å². The first-order chi connectivity index (χ1) is 16.7. The number of rotatable bonds is 13. The van der Waals surface area contributed by atoms with Gasteiger partial charge in [-0.05, 0) is 25.8 Å². The van der Waals surface area contributed by atoms with Crippen LogP contribution >= 0.6 is 0 Å². The molecule has 3 heterocycles. The molecule has 0 radical (unpaired) electrons. The lowest BCUT2D eigenvalue weighted by Crippen LogP contribution is -2.12. The first-order valence-corrected chi connectivity index (χ1v) is 10.7. The minimum atomic E-state index is 0.123. The zero-order chi connectivity index (χ0) is 24.2. The molecule has 3 rings (SSSR count). The second kappa shape index (κ2) is 12.9. The van der Waals surface area contributed by atoms with Crippen LogP contribution in [-0.2, 0) is 9.47 Å². The minimum Gasteiger partial charge on any atom is -0.385 e. The summed E-state index contributed by atoms with van der Waals surface area (Å²) < 4.78 is 11.6. The van der Waals surface area contributed by atoms with Crippen molar-refractivity contribution in [3.05, 3.63) is 35.9 Å². The summed E-state index contributed by atoms with van der Waals surface area (Å²) >= 11 is 0. The normalized spacial score (nSPS) is 11.0. The van der Waals surface area contributed by atoms with Crippen LogP contribution in [-0.4, -0.2) is 70.2 Å². The number of ether oxygens (including phenoxy) is 2. The Bertz CT molecular complexity index is 1130. The van der Waals surface area contributed by atoms with Crippen LogP contribution in [0, 0.1) is 18.3 Å². The summed E-state index contributed by atoms with van der Waals surface area (Å²) in [7, 11) is 3.30. The van der Waals surface area contributed by atoms with E-state index in [-0.39, 0.29) is 5.95 Å². The molecule has 13 nitrogen and oxygen atoms in total. The summed E-state index contributed by atoms with van der Waals surface area (Å²) in [4.78, 5) is 17.0. The van der Waals surface area contributed by atoms with E-state index in [1.54, 1.807) is 39.6 Å². The third kappa shape index (κ3) is 6.50. The molecule has 0 saturated heterocycles. The van der Waals surface area contributed by atoms with Gasteiger partial charge in [0.2, 0.25) is 0 Å². The van der Waals surface area contributed by atoms with Crippen molar-refractivity contribution < 1.29 is 9.47 Å². The summed E-state index contributed by atoms with van der Waals surface area (Å²) in [5, 5.41) is 29.0. The Hall–Kier alpha value is -4.02. The van der Waals surface area contributed by atoms with Gasteiger partial charge in [-0.15, -0.1) is 15.3 Å². The molecule has 0 amide bonds. The highest BCUT2D eigenvalue weighted by Gasteiger charge is 2.17. The number of methoxy groups -OCH3 is 2. The van der Waals surface area contributed by atoms with Crippen LogP contribution in [0.25, 0.3) is 5.95 Å². The van der Waals surface area contributed by atoms with Crippen LogP contribution in [0.5, 0.6) is 0 Å². The molecule has 34 heavy (non-hydrogen) atoms. The van der Waals surface area contributed by atoms with E-state index in [0.29, 0.717) is 60.7 Å². The molecule has 0 aliphatic carbocycles. The monoisotopic (exact) mass is 465 g/mol. The largest absolute Gasteiger partial charge is 0.385 e. The molecule has 0 saturated carbocycles. The summed E-state index contributed by atoms with van der Waals surface area (Å²) in [6.07, 6.45) is 6.21. The van der Waals surface area contributed by atoms with Crippen molar-refractivity contribution >= 4 is 23.3 Å². The smallest absolute Gasteiger partial charge is 0.287 e. The van der Waals surface area contributed by atoms with E-state index in [1.165, 1.54) is 11.0 Å². The van der Waals surface area contributed by atoms with Crippen LogP contribution < -0.4 is 10.6 Å². The molecule has 178 valence electrons. The molecule has 13 heteroatoms. The lowest BCUT2D eigenvalue weighted by molar-refractivity contribution is 0.197. The number of azo groups is 1. The van der Waals surface area contributed by atoms with E-state index in [0.717, 1.165) is 12.8 Å². The third-order valence-corrected chi connectivity index (χ3v) is 4.64. The van der Waals surface area contributed by atoms with Gasteiger partial charge in [-0.3, -0.25) is 0 Å². The maximum atomic E-state index is 9.77. The second-order valence-electron chi connectivity index (χ2n) is 7.05. The zero-order valence-corrected chi connectivity index (χ0v) is 19.4. The first-order valence-electron chi connectivity index (χ1n) is 10.7. The third-order valence-electron chi connectivity index (χ3n) is 4.64. The molecule has 0 spiro atoms. The molecule has 3 aromatic heterocycles. The van der Waals surface area contributed by atoms with Gasteiger partial charge in [-0.25, -0.2) is 15.0 Å². The number of nitrogens with zero attached hydrogens (tertiary/aromatic N) is 9. The van der Waals surface area contributed by atoms with Crippen molar-refractivity contribution in [2.24, 2.45) is 10.2 Å². The average molecular weight is 466 g/mol. The molecule has 0 fully saturated rings. The highest BCUT2D eigenvalue weighted by Crippen LogP contribution is 2.34. The van der Waals surface area contributed by atoms with Crippen molar-refractivity contribution in [3.8, 4) is 12.0 Å². The van der Waals surface area contributed by atoms with Gasteiger partial charge in [0.1, 0.15) is 23.9 Å². The lowest BCUT2D eigenvalue weighted by Gasteiger charge is -2.15. The average Bonchev–Trinajstić information content (AvgIpc) is 3.34. The van der Waals surface area contributed by atoms with E-state index in [9.17, 15) is 5.26 Å². The Morgan fingerprint density at radius 2 is 1.68 bits per heavy atom. The number of anilines is 2. The molecule has 0 aliphatic rings. The van der Waals surface area contributed by atoms with E-state index in [2.05, 4.69) is 52.0 Å². The maximum absolute atomic E-state index is 9.77. The van der Waals surface area contributed by atoms with E-state index in [4.69, 9.17) is 9.47 Å². The number of hydrogen-bond donors (Lipinski definition) is 2. The topological polar surface area (TPSA) is 160 Å². The van der Waals surface area contributed by atoms with E-state index in [1.807, 2.05) is 0 Å². The van der Waals surface area contributed by atoms with Crippen LogP contribution in [0.15, 0.2) is 35.0 Å². The predicted molar refractivity (Wildman–Crippen MR) is 125 cm³/mol. The summed E-state index contributed by atoms with van der Waals surface area (Å²) in [6, 6.07) is 3.92. The summed E-state index contributed by atoms with van der Waals surface area (Å²) in [5.74, 6) is 1.47. The molecule has 0 atom stereocenters. The highest BCUT2D eigenvalue weighted by atomic mass is 16.5. The minimum absolute atomic E-state index is 0.123. The SMILES string of the molecule is COCCCNc1nc(NCCCOC)c(N=Nc2ncn(-c3ncccn3)n2)c(C)c1C#N. The molecule has 2 N–H and O–H groups in total. The fourth-order valence-corrected chi connectivity index (χ4v) is 2.95. The van der Waals surface area contributed by atoms with Gasteiger partial charge in [-0.1, -0.05) is 0 Å². The van der Waals surface area contributed by atoms with E-state index < -0.39 is 0 Å². The van der Waals surface area contributed by atoms with Crippen molar-refractivity contribution in [2.45, 2.75) is 19.8 Å². The van der Waals surface area contributed by atoms with Gasteiger partial charge in [0.15, 0.2) is 5.82 Å². The van der Waals surface area contributed by atoms with Gasteiger partial charge >= 0.3 is 0 Å². The molecule has 0 unspecified atom stereocenters. The van der Waals surface area contributed by atoms with Gasteiger partial charge in [0.25, 0.3) is 11.9 Å². The molecular weight excluding hydrogens is 438 g/mol. The quantitative estimate of drug-likeness (QED) is 0.283. The number of pyridine rings is 1. The fraction of sp³-hybridized carbons (Fsp3) is 0.429. The zero-order valence-electron chi connectivity index (χ0n) is 19.4.